The summed E-state index contributed by atoms with van der Waals surface area (Å²) in [5.74, 6) is 2.42. The van der Waals surface area contributed by atoms with Gasteiger partial charge < -0.3 is 15.0 Å². The molecule has 1 N–H and O–H groups in total. The van der Waals surface area contributed by atoms with E-state index in [2.05, 4.69) is 30.2 Å². The molecule has 3 heterocycles. The van der Waals surface area contributed by atoms with Crippen molar-refractivity contribution in [1.82, 2.24) is 25.3 Å². The van der Waals surface area contributed by atoms with Crippen molar-refractivity contribution in [3.63, 3.8) is 0 Å². The summed E-state index contributed by atoms with van der Waals surface area (Å²) >= 11 is 0. The molecular formula is C25H30N6O2. The topological polar surface area (TPSA) is 93.1 Å². The van der Waals surface area contributed by atoms with E-state index in [4.69, 9.17) is 4.74 Å². The number of rotatable bonds is 6. The van der Waals surface area contributed by atoms with Crippen LogP contribution >= 0.6 is 0 Å². The Labute approximate surface area is 194 Å². The number of methoxy groups -OCH3 is 1. The highest BCUT2D eigenvalue weighted by Crippen LogP contribution is 2.28. The fourth-order valence-electron chi connectivity index (χ4n) is 4.21. The molecule has 1 aliphatic heterocycles. The van der Waals surface area contributed by atoms with E-state index >= 15 is 0 Å². The summed E-state index contributed by atoms with van der Waals surface area (Å²) in [6.45, 7) is 7.95. The van der Waals surface area contributed by atoms with E-state index in [9.17, 15) is 4.79 Å². The maximum Gasteiger partial charge on any atom is 0.254 e. The largest absolute Gasteiger partial charge is 0.496 e. The summed E-state index contributed by atoms with van der Waals surface area (Å²) < 4.78 is 5.35. The van der Waals surface area contributed by atoms with Gasteiger partial charge in [0.1, 0.15) is 11.6 Å². The average Bonchev–Trinajstić information content (AvgIpc) is 2.82. The van der Waals surface area contributed by atoms with Crippen LogP contribution in [0, 0.1) is 20.8 Å². The molecule has 172 valence electrons. The van der Waals surface area contributed by atoms with Gasteiger partial charge in [-0.3, -0.25) is 4.79 Å². The summed E-state index contributed by atoms with van der Waals surface area (Å²) in [7, 11) is 1.62. The van der Waals surface area contributed by atoms with Gasteiger partial charge in [0.2, 0.25) is 5.95 Å². The highest BCUT2D eigenvalue weighted by Gasteiger charge is 2.25. The molecule has 0 saturated carbocycles. The standard InChI is InChI=1S/C25H30N6O2/c1-16-13-17(2)29-25(28-16)31-11-9-19(10-12-31)23-26-15-21(18(3)30-23)24(32)27-14-20-7-5-6-8-22(20)33-4/h5-8,13,15,19H,9-12,14H2,1-4H3,(H,27,32). The van der Waals surface area contributed by atoms with E-state index in [0.717, 1.165) is 60.4 Å². The second-order valence-electron chi connectivity index (χ2n) is 8.43. The molecule has 1 saturated heterocycles. The zero-order valence-corrected chi connectivity index (χ0v) is 19.6. The number of carbonyl (C=O) groups excluding carboxylic acids is 1. The van der Waals surface area contributed by atoms with Crippen molar-refractivity contribution in [2.45, 2.75) is 46.1 Å². The summed E-state index contributed by atoms with van der Waals surface area (Å²) in [5.41, 5.74) is 4.08. The predicted molar refractivity (Wildman–Crippen MR) is 127 cm³/mol. The van der Waals surface area contributed by atoms with Crippen molar-refractivity contribution in [2.75, 3.05) is 25.1 Å². The molecule has 1 amide bonds. The van der Waals surface area contributed by atoms with Crippen LogP contribution in [0.2, 0.25) is 0 Å². The van der Waals surface area contributed by atoms with E-state index in [1.54, 1.807) is 13.3 Å². The molecule has 8 nitrogen and oxygen atoms in total. The smallest absolute Gasteiger partial charge is 0.254 e. The van der Waals surface area contributed by atoms with Crippen molar-refractivity contribution in [1.29, 1.82) is 0 Å². The van der Waals surface area contributed by atoms with Crippen LogP contribution in [-0.4, -0.2) is 46.0 Å². The molecule has 0 aliphatic carbocycles. The van der Waals surface area contributed by atoms with E-state index in [1.807, 2.05) is 51.1 Å². The Kier molecular flexibility index (Phi) is 6.82. The van der Waals surface area contributed by atoms with Crippen molar-refractivity contribution in [3.05, 3.63) is 70.6 Å². The molecular weight excluding hydrogens is 416 g/mol. The van der Waals surface area contributed by atoms with Gasteiger partial charge in [-0.1, -0.05) is 18.2 Å². The second-order valence-corrected chi connectivity index (χ2v) is 8.43. The molecule has 0 radical (unpaired) electrons. The minimum absolute atomic E-state index is 0.188. The zero-order valence-electron chi connectivity index (χ0n) is 19.6. The lowest BCUT2D eigenvalue weighted by atomic mass is 9.96. The number of carbonyl (C=O) groups is 1. The van der Waals surface area contributed by atoms with Gasteiger partial charge in [-0.2, -0.15) is 0 Å². The number of amides is 1. The molecule has 4 rings (SSSR count). The fraction of sp³-hybridized carbons (Fsp3) is 0.400. The Morgan fingerprint density at radius 3 is 2.45 bits per heavy atom. The number of hydrogen-bond donors (Lipinski definition) is 1. The minimum atomic E-state index is -0.188. The van der Waals surface area contributed by atoms with Crippen LogP contribution in [-0.2, 0) is 6.54 Å². The average molecular weight is 447 g/mol. The number of benzene rings is 1. The SMILES string of the molecule is COc1ccccc1CNC(=O)c1cnc(C2CCN(c3nc(C)cc(C)n3)CC2)nc1C. The number of aryl methyl sites for hydroxylation is 3. The number of nitrogens with zero attached hydrogens (tertiary/aromatic N) is 5. The summed E-state index contributed by atoms with van der Waals surface area (Å²) in [5, 5.41) is 2.94. The molecule has 1 aliphatic rings. The van der Waals surface area contributed by atoms with Crippen LogP contribution in [0.25, 0.3) is 0 Å². The number of piperidine rings is 1. The first-order valence-corrected chi connectivity index (χ1v) is 11.3. The highest BCUT2D eigenvalue weighted by atomic mass is 16.5. The molecule has 33 heavy (non-hydrogen) atoms. The van der Waals surface area contributed by atoms with E-state index in [0.29, 0.717) is 17.8 Å². The Morgan fingerprint density at radius 1 is 1.09 bits per heavy atom. The Hall–Kier alpha value is -3.55. The lowest BCUT2D eigenvalue weighted by molar-refractivity contribution is 0.0949. The monoisotopic (exact) mass is 446 g/mol. The predicted octanol–water partition coefficient (Wildman–Crippen LogP) is 3.51. The van der Waals surface area contributed by atoms with Gasteiger partial charge in [0, 0.05) is 48.7 Å². The number of nitrogens with one attached hydrogen (secondary N) is 1. The molecule has 0 bridgehead atoms. The third-order valence-corrected chi connectivity index (χ3v) is 5.99. The van der Waals surface area contributed by atoms with Crippen molar-refractivity contribution < 1.29 is 9.53 Å². The minimum Gasteiger partial charge on any atom is -0.496 e. The quantitative estimate of drug-likeness (QED) is 0.619. The molecule has 0 atom stereocenters. The van der Waals surface area contributed by atoms with E-state index in [-0.39, 0.29) is 11.8 Å². The van der Waals surface area contributed by atoms with Crippen molar-refractivity contribution in [3.8, 4) is 5.75 Å². The van der Waals surface area contributed by atoms with Crippen LogP contribution in [0.4, 0.5) is 5.95 Å². The first-order valence-electron chi connectivity index (χ1n) is 11.3. The maximum absolute atomic E-state index is 12.7. The first kappa shape index (κ1) is 22.6. The van der Waals surface area contributed by atoms with Crippen molar-refractivity contribution >= 4 is 11.9 Å². The van der Waals surface area contributed by atoms with Crippen LogP contribution in [0.1, 0.15) is 57.6 Å². The van der Waals surface area contributed by atoms with Crippen LogP contribution in [0.5, 0.6) is 5.75 Å². The third-order valence-electron chi connectivity index (χ3n) is 5.99. The molecule has 1 aromatic carbocycles. The third kappa shape index (κ3) is 5.27. The van der Waals surface area contributed by atoms with Gasteiger partial charge in [0.05, 0.1) is 18.4 Å². The highest BCUT2D eigenvalue weighted by molar-refractivity contribution is 5.94. The van der Waals surface area contributed by atoms with Gasteiger partial charge in [0.15, 0.2) is 0 Å². The maximum atomic E-state index is 12.7. The van der Waals surface area contributed by atoms with E-state index in [1.165, 1.54) is 0 Å². The van der Waals surface area contributed by atoms with Crippen LogP contribution in [0.15, 0.2) is 36.5 Å². The summed E-state index contributed by atoms with van der Waals surface area (Å²) in [6.07, 6.45) is 3.50. The molecule has 0 spiro atoms. The number of aromatic nitrogens is 4. The normalized spacial score (nSPS) is 14.2. The molecule has 3 aromatic rings. The Morgan fingerprint density at radius 2 is 1.79 bits per heavy atom. The number of hydrogen-bond acceptors (Lipinski definition) is 7. The zero-order chi connectivity index (χ0) is 23.4. The number of para-hydroxylation sites is 1. The Balaban J connectivity index is 1.38. The number of ether oxygens (including phenoxy) is 1. The Bertz CT molecular complexity index is 1120. The van der Waals surface area contributed by atoms with Gasteiger partial charge in [-0.15, -0.1) is 0 Å². The van der Waals surface area contributed by atoms with Gasteiger partial charge in [-0.05, 0) is 45.7 Å². The van der Waals surface area contributed by atoms with E-state index < -0.39 is 0 Å². The van der Waals surface area contributed by atoms with Crippen molar-refractivity contribution in [2.24, 2.45) is 0 Å². The second kappa shape index (κ2) is 9.94. The molecule has 0 unspecified atom stereocenters. The molecule has 8 heteroatoms. The molecule has 1 fully saturated rings. The van der Waals surface area contributed by atoms with Gasteiger partial charge >= 0.3 is 0 Å². The fourth-order valence-corrected chi connectivity index (χ4v) is 4.21. The summed E-state index contributed by atoms with van der Waals surface area (Å²) in [4.78, 5) is 33.4. The lowest BCUT2D eigenvalue weighted by Gasteiger charge is -2.31. The van der Waals surface area contributed by atoms with Crippen LogP contribution < -0.4 is 15.0 Å². The number of anilines is 1. The summed E-state index contributed by atoms with van der Waals surface area (Å²) in [6, 6.07) is 9.62. The van der Waals surface area contributed by atoms with Gasteiger partial charge in [-0.25, -0.2) is 19.9 Å². The first-order chi connectivity index (χ1) is 15.9. The van der Waals surface area contributed by atoms with Gasteiger partial charge in [0.25, 0.3) is 5.91 Å². The lowest BCUT2D eigenvalue weighted by Crippen LogP contribution is -2.35. The van der Waals surface area contributed by atoms with Crippen LogP contribution in [0.3, 0.4) is 0 Å². The molecule has 2 aromatic heterocycles.